The Bertz CT molecular complexity index is 740. The van der Waals surface area contributed by atoms with Gasteiger partial charge in [-0.1, -0.05) is 48.0 Å². The van der Waals surface area contributed by atoms with Gasteiger partial charge in [-0.15, -0.1) is 0 Å². The van der Waals surface area contributed by atoms with Crippen LogP contribution in [0.4, 0.5) is 5.69 Å². The van der Waals surface area contributed by atoms with Gasteiger partial charge in [0.05, 0.1) is 6.42 Å². The molecule has 1 fully saturated rings. The van der Waals surface area contributed by atoms with E-state index < -0.39 is 0 Å². The third kappa shape index (κ3) is 4.60. The standard InChI is InChI=1S/C20H21ClN2O2/c21-18-9-5-4-6-16(18)14-19(24)23-12-10-15(11-13-23)20(25)22-17-7-2-1-3-8-17/h1-9,15H,10-14H2,(H,22,25). The summed E-state index contributed by atoms with van der Waals surface area (Å²) in [4.78, 5) is 26.6. The minimum absolute atomic E-state index is 0.0319. The number of nitrogens with one attached hydrogen (secondary N) is 1. The van der Waals surface area contributed by atoms with E-state index in [0.29, 0.717) is 37.4 Å². The van der Waals surface area contributed by atoms with Crippen LogP contribution < -0.4 is 5.32 Å². The minimum atomic E-state index is -0.0513. The van der Waals surface area contributed by atoms with E-state index in [-0.39, 0.29) is 17.7 Å². The Labute approximate surface area is 152 Å². The van der Waals surface area contributed by atoms with E-state index >= 15 is 0 Å². The Morgan fingerprint density at radius 2 is 1.64 bits per heavy atom. The molecule has 2 aromatic rings. The van der Waals surface area contributed by atoms with Crippen molar-refractivity contribution < 1.29 is 9.59 Å². The molecule has 0 atom stereocenters. The minimum Gasteiger partial charge on any atom is -0.342 e. The fourth-order valence-corrected chi connectivity index (χ4v) is 3.28. The normalized spacial score (nSPS) is 15.0. The van der Waals surface area contributed by atoms with Gasteiger partial charge < -0.3 is 10.2 Å². The highest BCUT2D eigenvalue weighted by atomic mass is 35.5. The van der Waals surface area contributed by atoms with Gasteiger partial charge in [-0.2, -0.15) is 0 Å². The largest absolute Gasteiger partial charge is 0.342 e. The third-order valence-corrected chi connectivity index (χ3v) is 4.93. The first-order chi connectivity index (χ1) is 12.1. The summed E-state index contributed by atoms with van der Waals surface area (Å²) in [6.45, 7) is 1.21. The highest BCUT2D eigenvalue weighted by Crippen LogP contribution is 2.21. The van der Waals surface area contributed by atoms with Gasteiger partial charge in [0.1, 0.15) is 0 Å². The van der Waals surface area contributed by atoms with Gasteiger partial charge in [-0.25, -0.2) is 0 Å². The predicted molar refractivity (Wildman–Crippen MR) is 99.5 cm³/mol. The fraction of sp³-hybridized carbons (Fsp3) is 0.300. The molecule has 3 rings (SSSR count). The molecule has 1 N–H and O–H groups in total. The van der Waals surface area contributed by atoms with Crippen LogP contribution in [0.15, 0.2) is 54.6 Å². The number of carbonyl (C=O) groups excluding carboxylic acids is 2. The molecule has 1 aliphatic rings. The lowest BCUT2D eigenvalue weighted by Gasteiger charge is -2.31. The predicted octanol–water partition coefficient (Wildman–Crippen LogP) is 3.76. The zero-order valence-corrected chi connectivity index (χ0v) is 14.7. The number of likely N-dealkylation sites (tertiary alicyclic amines) is 1. The van der Waals surface area contributed by atoms with Crippen LogP contribution in [0.5, 0.6) is 0 Å². The quantitative estimate of drug-likeness (QED) is 0.906. The first-order valence-electron chi connectivity index (χ1n) is 8.50. The van der Waals surface area contributed by atoms with E-state index in [0.717, 1.165) is 11.3 Å². The van der Waals surface area contributed by atoms with E-state index in [9.17, 15) is 9.59 Å². The number of para-hydroxylation sites is 1. The molecule has 2 amide bonds. The van der Waals surface area contributed by atoms with Gasteiger partial charge in [-0.3, -0.25) is 9.59 Å². The second kappa shape index (κ2) is 8.17. The summed E-state index contributed by atoms with van der Waals surface area (Å²) in [5.41, 5.74) is 1.66. The van der Waals surface area contributed by atoms with Crippen molar-refractivity contribution in [3.63, 3.8) is 0 Å². The summed E-state index contributed by atoms with van der Waals surface area (Å²) in [5.74, 6) is 0.0454. The number of carbonyl (C=O) groups is 2. The number of nitrogens with zero attached hydrogens (tertiary/aromatic N) is 1. The van der Waals surface area contributed by atoms with Crippen molar-refractivity contribution in [1.29, 1.82) is 0 Å². The summed E-state index contributed by atoms with van der Waals surface area (Å²) < 4.78 is 0. The lowest BCUT2D eigenvalue weighted by molar-refractivity contribution is -0.133. The van der Waals surface area contributed by atoms with Gasteiger partial charge >= 0.3 is 0 Å². The van der Waals surface area contributed by atoms with Crippen LogP contribution in [0.1, 0.15) is 18.4 Å². The number of hydrogen-bond acceptors (Lipinski definition) is 2. The maximum atomic E-state index is 12.5. The number of piperidine rings is 1. The summed E-state index contributed by atoms with van der Waals surface area (Å²) in [7, 11) is 0. The van der Waals surface area contributed by atoms with Crippen molar-refractivity contribution in [2.24, 2.45) is 5.92 Å². The molecule has 0 bridgehead atoms. The molecule has 2 aromatic carbocycles. The molecular weight excluding hydrogens is 336 g/mol. The van der Waals surface area contributed by atoms with Crippen molar-refractivity contribution in [3.05, 3.63) is 65.2 Å². The highest BCUT2D eigenvalue weighted by Gasteiger charge is 2.27. The van der Waals surface area contributed by atoms with Crippen molar-refractivity contribution in [2.75, 3.05) is 18.4 Å². The van der Waals surface area contributed by atoms with Crippen molar-refractivity contribution in [3.8, 4) is 0 Å². The molecule has 1 aliphatic heterocycles. The number of hydrogen-bond donors (Lipinski definition) is 1. The molecule has 0 unspecified atom stereocenters. The molecular formula is C20H21ClN2O2. The smallest absolute Gasteiger partial charge is 0.227 e. The Hall–Kier alpha value is -2.33. The zero-order chi connectivity index (χ0) is 17.6. The molecule has 0 saturated carbocycles. The Balaban J connectivity index is 1.50. The van der Waals surface area contributed by atoms with Gasteiger partial charge in [0.15, 0.2) is 0 Å². The van der Waals surface area contributed by atoms with Gasteiger partial charge in [0.25, 0.3) is 0 Å². The second-order valence-corrected chi connectivity index (χ2v) is 6.69. The van der Waals surface area contributed by atoms with Crippen LogP contribution in [-0.2, 0) is 16.0 Å². The number of anilines is 1. The number of rotatable bonds is 4. The second-order valence-electron chi connectivity index (χ2n) is 6.28. The van der Waals surface area contributed by atoms with Crippen LogP contribution in [0.2, 0.25) is 5.02 Å². The summed E-state index contributed by atoms with van der Waals surface area (Å²) in [6, 6.07) is 16.9. The average molecular weight is 357 g/mol. The van der Waals surface area contributed by atoms with Gasteiger partial charge in [0, 0.05) is 29.7 Å². The summed E-state index contributed by atoms with van der Waals surface area (Å²) >= 11 is 6.13. The zero-order valence-electron chi connectivity index (χ0n) is 14.0. The maximum absolute atomic E-state index is 12.5. The van der Waals surface area contributed by atoms with E-state index in [1.165, 1.54) is 0 Å². The summed E-state index contributed by atoms with van der Waals surface area (Å²) in [5, 5.41) is 3.56. The number of benzene rings is 2. The van der Waals surface area contributed by atoms with Crippen LogP contribution in [-0.4, -0.2) is 29.8 Å². The van der Waals surface area contributed by atoms with E-state index in [2.05, 4.69) is 5.32 Å². The SMILES string of the molecule is O=C(Nc1ccccc1)C1CCN(C(=O)Cc2ccccc2Cl)CC1. The van der Waals surface area contributed by atoms with Crippen LogP contribution in [0.3, 0.4) is 0 Å². The van der Waals surface area contributed by atoms with E-state index in [4.69, 9.17) is 11.6 Å². The van der Waals surface area contributed by atoms with Gasteiger partial charge in [-0.05, 0) is 36.6 Å². The van der Waals surface area contributed by atoms with Crippen LogP contribution >= 0.6 is 11.6 Å². The Morgan fingerprint density at radius 1 is 1.00 bits per heavy atom. The molecule has 0 radical (unpaired) electrons. The monoisotopic (exact) mass is 356 g/mol. The molecule has 4 nitrogen and oxygen atoms in total. The average Bonchev–Trinajstić information content (AvgIpc) is 2.64. The van der Waals surface area contributed by atoms with Crippen molar-refractivity contribution in [2.45, 2.75) is 19.3 Å². The molecule has 0 aromatic heterocycles. The molecule has 1 heterocycles. The van der Waals surface area contributed by atoms with E-state index in [1.807, 2.05) is 53.4 Å². The molecule has 0 aliphatic carbocycles. The maximum Gasteiger partial charge on any atom is 0.227 e. The van der Waals surface area contributed by atoms with E-state index in [1.54, 1.807) is 6.07 Å². The molecule has 0 spiro atoms. The van der Waals surface area contributed by atoms with Crippen LogP contribution in [0, 0.1) is 5.92 Å². The van der Waals surface area contributed by atoms with Crippen molar-refractivity contribution in [1.82, 2.24) is 4.90 Å². The lowest BCUT2D eigenvalue weighted by Crippen LogP contribution is -2.42. The molecule has 25 heavy (non-hydrogen) atoms. The van der Waals surface area contributed by atoms with Crippen molar-refractivity contribution >= 4 is 29.1 Å². The van der Waals surface area contributed by atoms with Crippen LogP contribution in [0.25, 0.3) is 0 Å². The first kappa shape index (κ1) is 17.5. The topological polar surface area (TPSA) is 49.4 Å². The molecule has 5 heteroatoms. The lowest BCUT2D eigenvalue weighted by atomic mass is 9.95. The Kier molecular flexibility index (Phi) is 5.71. The number of amides is 2. The number of halogens is 1. The molecule has 130 valence electrons. The molecule has 1 saturated heterocycles. The van der Waals surface area contributed by atoms with Gasteiger partial charge in [0.2, 0.25) is 11.8 Å². The third-order valence-electron chi connectivity index (χ3n) is 4.56. The highest BCUT2D eigenvalue weighted by molar-refractivity contribution is 6.31. The fourth-order valence-electron chi connectivity index (χ4n) is 3.07. The Morgan fingerprint density at radius 3 is 2.32 bits per heavy atom. The summed E-state index contributed by atoms with van der Waals surface area (Å²) in [6.07, 6.45) is 1.68. The first-order valence-corrected chi connectivity index (χ1v) is 8.88.